The van der Waals surface area contributed by atoms with Gasteiger partial charge in [-0.3, -0.25) is 4.90 Å². The van der Waals surface area contributed by atoms with Crippen molar-refractivity contribution < 1.29 is 0 Å². The second kappa shape index (κ2) is 5.76. The molecule has 1 saturated heterocycles. The van der Waals surface area contributed by atoms with Crippen molar-refractivity contribution in [3.63, 3.8) is 0 Å². The zero-order valence-corrected chi connectivity index (χ0v) is 10.9. The van der Waals surface area contributed by atoms with E-state index in [0.29, 0.717) is 6.04 Å². The maximum Gasteiger partial charge on any atom is 0.142 e. The summed E-state index contributed by atoms with van der Waals surface area (Å²) in [6.45, 7) is 3.23. The molecule has 1 aliphatic heterocycles. The Morgan fingerprint density at radius 3 is 2.78 bits per heavy atom. The van der Waals surface area contributed by atoms with Crippen molar-refractivity contribution in [2.45, 2.75) is 50.7 Å². The summed E-state index contributed by atoms with van der Waals surface area (Å²) in [4.78, 5) is 11.2. The lowest BCUT2D eigenvalue weighted by Gasteiger charge is -2.35. The highest BCUT2D eigenvalue weighted by Crippen LogP contribution is 2.22. The smallest absolute Gasteiger partial charge is 0.142 e. The second-order valence-electron chi connectivity index (χ2n) is 5.47. The van der Waals surface area contributed by atoms with Crippen molar-refractivity contribution >= 4 is 0 Å². The van der Waals surface area contributed by atoms with E-state index >= 15 is 0 Å². The van der Waals surface area contributed by atoms with Gasteiger partial charge in [0.25, 0.3) is 0 Å². The fraction of sp³-hybridized carbons (Fsp3) is 0.714. The first-order valence-electron chi connectivity index (χ1n) is 7.15. The van der Waals surface area contributed by atoms with E-state index in [1.807, 2.05) is 18.5 Å². The highest BCUT2D eigenvalue weighted by molar-refractivity contribution is 4.91. The lowest BCUT2D eigenvalue weighted by molar-refractivity contribution is 0.134. The number of rotatable bonds is 5. The molecule has 4 heteroatoms. The molecule has 4 nitrogen and oxygen atoms in total. The molecule has 0 amide bonds. The topological polar surface area (TPSA) is 41.1 Å². The minimum Gasteiger partial charge on any atom is -0.312 e. The highest BCUT2D eigenvalue weighted by atomic mass is 15.2. The van der Waals surface area contributed by atoms with Crippen LogP contribution in [0.25, 0.3) is 0 Å². The van der Waals surface area contributed by atoms with Gasteiger partial charge in [0.15, 0.2) is 0 Å². The van der Waals surface area contributed by atoms with Crippen molar-refractivity contribution in [1.82, 2.24) is 20.2 Å². The molecule has 2 heterocycles. The first-order valence-corrected chi connectivity index (χ1v) is 7.15. The van der Waals surface area contributed by atoms with Gasteiger partial charge in [0.1, 0.15) is 5.82 Å². The molecule has 0 aromatic carbocycles. The Balaban J connectivity index is 1.56. The summed E-state index contributed by atoms with van der Waals surface area (Å²) in [5.41, 5.74) is 0. The molecule has 18 heavy (non-hydrogen) atoms. The third-order valence-electron chi connectivity index (χ3n) is 3.93. The first kappa shape index (κ1) is 12.1. The van der Waals surface area contributed by atoms with Crippen LogP contribution in [-0.4, -0.2) is 40.0 Å². The van der Waals surface area contributed by atoms with Crippen LogP contribution in [-0.2, 0) is 6.54 Å². The standard InChI is InChI=1S/C14H22N4/c1-2-9-18(11-14-15-7-3-8-16-14)13(4-1)10-17-12-5-6-12/h3,7-8,12-13,17H,1-2,4-6,9-11H2. The normalized spacial score (nSPS) is 25.2. The van der Waals surface area contributed by atoms with Gasteiger partial charge < -0.3 is 5.32 Å². The van der Waals surface area contributed by atoms with Crippen LogP contribution < -0.4 is 5.32 Å². The Morgan fingerprint density at radius 2 is 2.00 bits per heavy atom. The van der Waals surface area contributed by atoms with Gasteiger partial charge in [-0.05, 0) is 38.3 Å². The number of nitrogens with zero attached hydrogens (tertiary/aromatic N) is 3. The summed E-state index contributed by atoms with van der Waals surface area (Å²) in [7, 11) is 0. The summed E-state index contributed by atoms with van der Waals surface area (Å²) >= 11 is 0. The lowest BCUT2D eigenvalue weighted by Crippen LogP contribution is -2.45. The van der Waals surface area contributed by atoms with Crippen molar-refractivity contribution in [3.05, 3.63) is 24.3 Å². The van der Waals surface area contributed by atoms with E-state index in [9.17, 15) is 0 Å². The lowest BCUT2D eigenvalue weighted by atomic mass is 10.0. The van der Waals surface area contributed by atoms with E-state index in [1.54, 1.807) is 0 Å². The Hall–Kier alpha value is -1.00. The summed E-state index contributed by atoms with van der Waals surface area (Å²) in [6.07, 6.45) is 10.4. The molecule has 2 fully saturated rings. The fourth-order valence-corrected chi connectivity index (χ4v) is 2.68. The highest BCUT2D eigenvalue weighted by Gasteiger charge is 2.26. The molecule has 98 valence electrons. The van der Waals surface area contributed by atoms with Gasteiger partial charge in [0.05, 0.1) is 6.54 Å². The monoisotopic (exact) mass is 246 g/mol. The Bertz CT molecular complexity index is 363. The third kappa shape index (κ3) is 3.27. The van der Waals surface area contributed by atoms with E-state index in [1.165, 1.54) is 38.6 Å². The molecule has 1 atom stereocenters. The number of hydrogen-bond donors (Lipinski definition) is 1. The Morgan fingerprint density at radius 1 is 1.17 bits per heavy atom. The first-order chi connectivity index (χ1) is 8.92. The van der Waals surface area contributed by atoms with E-state index in [4.69, 9.17) is 0 Å². The number of hydrogen-bond acceptors (Lipinski definition) is 4. The third-order valence-corrected chi connectivity index (χ3v) is 3.93. The zero-order chi connectivity index (χ0) is 12.2. The van der Waals surface area contributed by atoms with Gasteiger partial charge in [0, 0.05) is 31.0 Å². The Labute approximate surface area is 109 Å². The van der Waals surface area contributed by atoms with Gasteiger partial charge in [-0.15, -0.1) is 0 Å². The Kier molecular flexibility index (Phi) is 3.86. The van der Waals surface area contributed by atoms with Gasteiger partial charge >= 0.3 is 0 Å². The van der Waals surface area contributed by atoms with Crippen molar-refractivity contribution in [2.75, 3.05) is 13.1 Å². The average molecular weight is 246 g/mol. The van der Waals surface area contributed by atoms with E-state index < -0.39 is 0 Å². The van der Waals surface area contributed by atoms with E-state index in [0.717, 1.165) is 25.0 Å². The van der Waals surface area contributed by atoms with Gasteiger partial charge in [-0.25, -0.2) is 9.97 Å². The molecule has 1 unspecified atom stereocenters. The number of piperidine rings is 1. The van der Waals surface area contributed by atoms with Crippen LogP contribution in [0.4, 0.5) is 0 Å². The van der Waals surface area contributed by atoms with E-state index in [2.05, 4.69) is 20.2 Å². The van der Waals surface area contributed by atoms with Crippen LogP contribution in [0.15, 0.2) is 18.5 Å². The van der Waals surface area contributed by atoms with Gasteiger partial charge in [-0.1, -0.05) is 6.42 Å². The summed E-state index contributed by atoms with van der Waals surface area (Å²) < 4.78 is 0. The van der Waals surface area contributed by atoms with E-state index in [-0.39, 0.29) is 0 Å². The SMILES string of the molecule is c1cnc(CN2CCCCC2CNC2CC2)nc1. The predicted octanol–water partition coefficient (Wildman–Crippen LogP) is 1.58. The number of likely N-dealkylation sites (tertiary alicyclic amines) is 1. The molecule has 1 saturated carbocycles. The van der Waals surface area contributed by atoms with Gasteiger partial charge in [-0.2, -0.15) is 0 Å². The van der Waals surface area contributed by atoms with Crippen LogP contribution >= 0.6 is 0 Å². The summed E-state index contributed by atoms with van der Waals surface area (Å²) in [6, 6.07) is 3.36. The molecule has 2 aliphatic rings. The quantitative estimate of drug-likeness (QED) is 0.856. The molecule has 1 aliphatic carbocycles. The van der Waals surface area contributed by atoms with Crippen LogP contribution in [0.1, 0.15) is 37.9 Å². The largest absolute Gasteiger partial charge is 0.312 e. The molecule has 1 aromatic rings. The van der Waals surface area contributed by atoms with Crippen LogP contribution in [0.2, 0.25) is 0 Å². The molecule has 1 N–H and O–H groups in total. The van der Waals surface area contributed by atoms with Crippen LogP contribution in [0.5, 0.6) is 0 Å². The summed E-state index contributed by atoms with van der Waals surface area (Å²) in [5, 5.41) is 3.66. The fourth-order valence-electron chi connectivity index (χ4n) is 2.68. The predicted molar refractivity (Wildman–Crippen MR) is 71.1 cm³/mol. The number of aromatic nitrogens is 2. The molecular formula is C14H22N4. The molecule has 0 bridgehead atoms. The molecule has 0 spiro atoms. The van der Waals surface area contributed by atoms with Crippen molar-refractivity contribution in [3.8, 4) is 0 Å². The zero-order valence-electron chi connectivity index (χ0n) is 10.9. The molecule has 1 aromatic heterocycles. The molecule has 0 radical (unpaired) electrons. The number of nitrogens with one attached hydrogen (secondary N) is 1. The van der Waals surface area contributed by atoms with Crippen LogP contribution in [0, 0.1) is 0 Å². The minimum atomic E-state index is 0.670. The molecule has 3 rings (SSSR count). The summed E-state index contributed by atoms with van der Waals surface area (Å²) in [5.74, 6) is 0.954. The van der Waals surface area contributed by atoms with Crippen molar-refractivity contribution in [2.24, 2.45) is 0 Å². The van der Waals surface area contributed by atoms with Crippen LogP contribution in [0.3, 0.4) is 0 Å². The molecular weight excluding hydrogens is 224 g/mol. The maximum atomic E-state index is 4.34. The average Bonchev–Trinajstić information content (AvgIpc) is 3.23. The van der Waals surface area contributed by atoms with Crippen molar-refractivity contribution in [1.29, 1.82) is 0 Å². The second-order valence-corrected chi connectivity index (χ2v) is 5.47. The minimum absolute atomic E-state index is 0.670. The van der Waals surface area contributed by atoms with Gasteiger partial charge in [0.2, 0.25) is 0 Å². The maximum absolute atomic E-state index is 4.34.